The lowest BCUT2D eigenvalue weighted by molar-refractivity contribution is -0.293. The van der Waals surface area contributed by atoms with E-state index in [1.165, 1.54) is 0 Å². The predicted octanol–water partition coefficient (Wildman–Crippen LogP) is 1.73. The summed E-state index contributed by atoms with van der Waals surface area (Å²) in [5.74, 6) is -6.42. The fourth-order valence-corrected chi connectivity index (χ4v) is 1.52. The first-order valence-corrected chi connectivity index (χ1v) is 4.88. The molecule has 0 spiro atoms. The van der Waals surface area contributed by atoms with Crippen molar-refractivity contribution in [3.63, 3.8) is 0 Å². The Morgan fingerprint density at radius 3 is 2.18 bits per heavy atom. The number of halogens is 5. The standard InChI is InChI=1S/C8H9F5N4/c9-7(10,8(11,12)13)6-16-15-5(3-14)17(6)4-1-2-4/h4H,1-3,14H2. The van der Waals surface area contributed by atoms with Gasteiger partial charge in [-0.05, 0) is 12.8 Å². The lowest BCUT2D eigenvalue weighted by Crippen LogP contribution is -2.36. The Morgan fingerprint density at radius 1 is 1.18 bits per heavy atom. The zero-order valence-electron chi connectivity index (χ0n) is 8.51. The zero-order chi connectivity index (χ0) is 12.8. The molecule has 0 saturated heterocycles. The van der Waals surface area contributed by atoms with Crippen LogP contribution in [0.25, 0.3) is 0 Å². The van der Waals surface area contributed by atoms with Gasteiger partial charge in [-0.1, -0.05) is 0 Å². The van der Waals surface area contributed by atoms with Crippen molar-refractivity contribution in [3.8, 4) is 0 Å². The Bertz CT molecular complexity index is 420. The summed E-state index contributed by atoms with van der Waals surface area (Å²) in [5, 5.41) is 6.23. The van der Waals surface area contributed by atoms with Crippen LogP contribution >= 0.6 is 0 Å². The van der Waals surface area contributed by atoms with Crippen LogP contribution in [0.15, 0.2) is 0 Å². The molecule has 0 unspecified atom stereocenters. The Hall–Kier alpha value is -1.25. The van der Waals surface area contributed by atoms with Gasteiger partial charge in [0.2, 0.25) is 5.82 Å². The SMILES string of the molecule is NCc1nnc(C(F)(F)C(F)(F)F)n1C1CC1. The summed E-state index contributed by atoms with van der Waals surface area (Å²) in [5.41, 5.74) is 5.23. The van der Waals surface area contributed by atoms with E-state index < -0.39 is 24.0 Å². The summed E-state index contributed by atoms with van der Waals surface area (Å²) < 4.78 is 63.9. The van der Waals surface area contributed by atoms with E-state index in [0.29, 0.717) is 12.8 Å². The molecule has 9 heteroatoms. The van der Waals surface area contributed by atoms with Gasteiger partial charge in [-0.3, -0.25) is 0 Å². The quantitative estimate of drug-likeness (QED) is 0.838. The summed E-state index contributed by atoms with van der Waals surface area (Å²) in [6.45, 7) is -0.225. The van der Waals surface area contributed by atoms with Crippen molar-refractivity contribution in [2.75, 3.05) is 0 Å². The zero-order valence-corrected chi connectivity index (χ0v) is 8.51. The number of hydrogen-bond acceptors (Lipinski definition) is 3. The molecule has 2 rings (SSSR count). The minimum absolute atomic E-state index is 0.0496. The molecule has 4 nitrogen and oxygen atoms in total. The Labute approximate surface area is 92.6 Å². The van der Waals surface area contributed by atoms with Gasteiger partial charge in [-0.15, -0.1) is 10.2 Å². The fourth-order valence-electron chi connectivity index (χ4n) is 1.52. The normalized spacial score (nSPS) is 17.5. The van der Waals surface area contributed by atoms with Gasteiger partial charge in [0.15, 0.2) is 0 Å². The molecule has 0 radical (unpaired) electrons. The number of nitrogens with zero attached hydrogens (tertiary/aromatic N) is 3. The second kappa shape index (κ2) is 3.62. The molecule has 0 aromatic carbocycles. The van der Waals surface area contributed by atoms with Crippen molar-refractivity contribution in [2.45, 2.75) is 37.5 Å². The highest BCUT2D eigenvalue weighted by atomic mass is 19.4. The number of nitrogens with two attached hydrogens (primary N) is 1. The van der Waals surface area contributed by atoms with Crippen LogP contribution in [-0.4, -0.2) is 20.9 Å². The van der Waals surface area contributed by atoms with E-state index in [0.717, 1.165) is 4.57 Å². The smallest absolute Gasteiger partial charge is 0.324 e. The third-order valence-corrected chi connectivity index (χ3v) is 2.50. The summed E-state index contributed by atoms with van der Waals surface area (Å²) in [4.78, 5) is 0. The van der Waals surface area contributed by atoms with Crippen LogP contribution < -0.4 is 5.73 Å². The molecule has 1 heterocycles. The highest BCUT2D eigenvalue weighted by Gasteiger charge is 2.62. The van der Waals surface area contributed by atoms with Gasteiger partial charge in [0.05, 0.1) is 6.54 Å². The Balaban J connectivity index is 2.48. The van der Waals surface area contributed by atoms with Gasteiger partial charge in [0.25, 0.3) is 0 Å². The van der Waals surface area contributed by atoms with Crippen LogP contribution in [0.3, 0.4) is 0 Å². The third kappa shape index (κ3) is 1.88. The topological polar surface area (TPSA) is 56.7 Å². The maximum atomic E-state index is 13.2. The van der Waals surface area contributed by atoms with Gasteiger partial charge in [-0.25, -0.2) is 0 Å². The molecule has 1 aromatic rings. The van der Waals surface area contributed by atoms with Crippen molar-refractivity contribution in [3.05, 3.63) is 11.6 Å². The van der Waals surface area contributed by atoms with Crippen LogP contribution in [0.2, 0.25) is 0 Å². The molecular formula is C8H9F5N4. The second-order valence-electron chi connectivity index (χ2n) is 3.82. The minimum Gasteiger partial charge on any atom is -0.324 e. The summed E-state index contributed by atoms with van der Waals surface area (Å²) >= 11 is 0. The number of aromatic nitrogens is 3. The maximum Gasteiger partial charge on any atom is 0.461 e. The minimum atomic E-state index is -5.68. The van der Waals surface area contributed by atoms with E-state index in [9.17, 15) is 22.0 Å². The first-order chi connectivity index (χ1) is 7.79. The second-order valence-corrected chi connectivity index (χ2v) is 3.82. The first kappa shape index (κ1) is 12.2. The van der Waals surface area contributed by atoms with E-state index in [1.807, 2.05) is 0 Å². The molecule has 1 aliphatic rings. The van der Waals surface area contributed by atoms with Crippen molar-refractivity contribution in [2.24, 2.45) is 5.73 Å². The van der Waals surface area contributed by atoms with Crippen molar-refractivity contribution in [1.82, 2.24) is 14.8 Å². The largest absolute Gasteiger partial charge is 0.461 e. The average Bonchev–Trinajstić information content (AvgIpc) is 2.95. The summed E-state index contributed by atoms with van der Waals surface area (Å²) in [6, 6.07) is -0.397. The van der Waals surface area contributed by atoms with Crippen LogP contribution in [0.1, 0.15) is 30.5 Å². The van der Waals surface area contributed by atoms with E-state index in [1.54, 1.807) is 0 Å². The Kier molecular flexibility index (Phi) is 2.60. The first-order valence-electron chi connectivity index (χ1n) is 4.88. The summed E-state index contributed by atoms with van der Waals surface area (Å²) in [7, 11) is 0. The van der Waals surface area contributed by atoms with Crippen LogP contribution in [-0.2, 0) is 12.5 Å². The lowest BCUT2D eigenvalue weighted by Gasteiger charge is -2.19. The van der Waals surface area contributed by atoms with Gasteiger partial charge >= 0.3 is 12.1 Å². The van der Waals surface area contributed by atoms with Crippen LogP contribution in [0.4, 0.5) is 22.0 Å². The Morgan fingerprint density at radius 2 is 1.76 bits per heavy atom. The molecule has 17 heavy (non-hydrogen) atoms. The maximum absolute atomic E-state index is 13.2. The molecule has 0 bridgehead atoms. The molecule has 96 valence electrons. The number of alkyl halides is 5. The predicted molar refractivity (Wildman–Crippen MR) is 46.1 cm³/mol. The molecule has 1 aliphatic carbocycles. The molecule has 0 aliphatic heterocycles. The van der Waals surface area contributed by atoms with Crippen LogP contribution in [0, 0.1) is 0 Å². The number of hydrogen-bond donors (Lipinski definition) is 1. The molecular weight excluding hydrogens is 247 g/mol. The van der Waals surface area contributed by atoms with Crippen LogP contribution in [0.5, 0.6) is 0 Å². The van der Waals surface area contributed by atoms with E-state index in [-0.39, 0.29) is 12.4 Å². The van der Waals surface area contributed by atoms with Crippen molar-refractivity contribution < 1.29 is 22.0 Å². The van der Waals surface area contributed by atoms with Gasteiger partial charge in [0, 0.05) is 6.04 Å². The summed E-state index contributed by atoms with van der Waals surface area (Å²) in [6.07, 6.45) is -4.61. The monoisotopic (exact) mass is 256 g/mol. The fraction of sp³-hybridized carbons (Fsp3) is 0.750. The van der Waals surface area contributed by atoms with Gasteiger partial charge in [0.1, 0.15) is 5.82 Å². The van der Waals surface area contributed by atoms with Crippen molar-refractivity contribution in [1.29, 1.82) is 0 Å². The van der Waals surface area contributed by atoms with Crippen molar-refractivity contribution >= 4 is 0 Å². The average molecular weight is 256 g/mol. The number of rotatable bonds is 3. The lowest BCUT2D eigenvalue weighted by atomic mass is 10.3. The van der Waals surface area contributed by atoms with Gasteiger partial charge in [-0.2, -0.15) is 22.0 Å². The van der Waals surface area contributed by atoms with E-state index >= 15 is 0 Å². The van der Waals surface area contributed by atoms with E-state index in [4.69, 9.17) is 5.73 Å². The molecule has 0 atom stereocenters. The molecule has 1 saturated carbocycles. The molecule has 2 N–H and O–H groups in total. The molecule has 1 aromatic heterocycles. The third-order valence-electron chi connectivity index (χ3n) is 2.50. The molecule has 1 fully saturated rings. The highest BCUT2D eigenvalue weighted by Crippen LogP contribution is 2.46. The molecule has 0 amide bonds. The van der Waals surface area contributed by atoms with Gasteiger partial charge < -0.3 is 10.3 Å². The van der Waals surface area contributed by atoms with E-state index in [2.05, 4.69) is 10.2 Å². The highest BCUT2D eigenvalue weighted by molar-refractivity contribution is 5.09.